The molecule has 0 heterocycles. The lowest BCUT2D eigenvalue weighted by molar-refractivity contribution is -0.135. The molecule has 0 fully saturated rings. The molecular weight excluding hydrogens is 211 g/mol. The van der Waals surface area contributed by atoms with Gasteiger partial charge in [0.2, 0.25) is 0 Å². The molecule has 0 aromatic carbocycles. The van der Waals surface area contributed by atoms with Gasteiger partial charge < -0.3 is 4.43 Å². The molecule has 0 atom stereocenters. The first-order valence-corrected chi connectivity index (χ1v) is 8.02. The maximum Gasteiger partial charge on any atom is 0.292 e. The fourth-order valence-electron chi connectivity index (χ4n) is 0.726. The van der Waals surface area contributed by atoms with Crippen LogP contribution < -0.4 is 0 Å². The van der Waals surface area contributed by atoms with Crippen molar-refractivity contribution in [3.05, 3.63) is 12.4 Å². The van der Waals surface area contributed by atoms with Crippen molar-refractivity contribution in [3.63, 3.8) is 0 Å². The summed E-state index contributed by atoms with van der Waals surface area (Å²) in [5.74, 6) is -0.789. The predicted octanol–water partition coefficient (Wildman–Crippen LogP) is 3.80. The maximum absolute atomic E-state index is 12.3. The highest BCUT2D eigenvalue weighted by atomic mass is 28.4. The van der Waals surface area contributed by atoms with E-state index in [4.69, 9.17) is 4.43 Å². The molecule has 0 saturated carbocycles. The Balaban J connectivity index is 4.23. The van der Waals surface area contributed by atoms with Gasteiger partial charge in [-0.15, -0.1) is 0 Å². The Morgan fingerprint density at radius 1 is 1.33 bits per heavy atom. The summed E-state index contributed by atoms with van der Waals surface area (Å²) >= 11 is 0. The van der Waals surface area contributed by atoms with Crippen LogP contribution in [-0.4, -0.2) is 14.3 Å². The highest BCUT2D eigenvalue weighted by molar-refractivity contribution is 6.75. The molecule has 0 bridgehead atoms. The number of hydrogen-bond donors (Lipinski definition) is 0. The van der Waals surface area contributed by atoms with Crippen molar-refractivity contribution >= 4 is 14.3 Å². The first-order chi connectivity index (χ1) is 6.56. The molecule has 0 aliphatic heterocycles. The molecule has 4 heteroatoms. The quantitative estimate of drug-likeness (QED) is 0.689. The molecule has 15 heavy (non-hydrogen) atoms. The van der Waals surface area contributed by atoms with Gasteiger partial charge in [0.1, 0.15) is 0 Å². The van der Waals surface area contributed by atoms with Gasteiger partial charge in [-0.05, 0) is 18.1 Å². The van der Waals surface area contributed by atoms with Crippen molar-refractivity contribution in [3.8, 4) is 0 Å². The van der Waals surface area contributed by atoms with Crippen LogP contribution in [0.1, 0.15) is 33.6 Å². The third kappa shape index (κ3) is 5.11. The van der Waals surface area contributed by atoms with Gasteiger partial charge in [-0.25, -0.2) is 4.39 Å². The van der Waals surface area contributed by atoms with Crippen LogP contribution in [0.5, 0.6) is 0 Å². The van der Waals surface area contributed by atoms with Gasteiger partial charge in [0, 0.05) is 6.42 Å². The van der Waals surface area contributed by atoms with Crippen LogP contribution >= 0.6 is 0 Å². The first-order valence-electron chi connectivity index (χ1n) is 5.11. The van der Waals surface area contributed by atoms with Gasteiger partial charge in [-0.2, -0.15) is 0 Å². The van der Waals surface area contributed by atoms with Gasteiger partial charge in [-0.3, -0.25) is 4.79 Å². The maximum atomic E-state index is 12.3. The van der Waals surface area contributed by atoms with Gasteiger partial charge in [0.15, 0.2) is 0 Å². The minimum absolute atomic E-state index is 0.00458. The number of hydrogen-bond acceptors (Lipinski definition) is 2. The SMILES string of the molecule is C=C(F)CCC(=O)O[Si](C)(C)C(C)(C)C. The normalized spacial score (nSPS) is 12.4. The minimum atomic E-state index is -2.04. The van der Waals surface area contributed by atoms with E-state index in [1.165, 1.54) is 0 Å². The highest BCUT2D eigenvalue weighted by Crippen LogP contribution is 2.36. The van der Waals surface area contributed by atoms with Gasteiger partial charge in [-0.1, -0.05) is 27.4 Å². The standard InChI is InChI=1S/C11H21FO2Si/c1-9(12)7-8-10(13)14-15(5,6)11(2,3)4/h1,7-8H2,2-6H3. The second kappa shape index (κ2) is 4.92. The molecule has 0 aliphatic carbocycles. The third-order valence-electron chi connectivity index (χ3n) is 2.78. The van der Waals surface area contributed by atoms with Crippen molar-refractivity contribution in [1.82, 2.24) is 0 Å². The molecule has 0 saturated heterocycles. The second-order valence-corrected chi connectivity index (χ2v) is 9.98. The highest BCUT2D eigenvalue weighted by Gasteiger charge is 2.40. The van der Waals surface area contributed by atoms with E-state index in [9.17, 15) is 9.18 Å². The fraction of sp³-hybridized carbons (Fsp3) is 0.727. The Bertz CT molecular complexity index is 254. The molecule has 0 aromatic rings. The average Bonchev–Trinajstić information content (AvgIpc) is 1.97. The molecule has 0 aromatic heterocycles. The molecule has 0 unspecified atom stereocenters. The lowest BCUT2D eigenvalue weighted by atomic mass is 10.2. The number of allylic oxidation sites excluding steroid dienone is 1. The van der Waals surface area contributed by atoms with Crippen molar-refractivity contribution in [2.45, 2.75) is 51.7 Å². The monoisotopic (exact) mass is 232 g/mol. The zero-order valence-electron chi connectivity index (χ0n) is 10.3. The summed E-state index contributed by atoms with van der Waals surface area (Å²) in [6, 6.07) is 0. The van der Waals surface area contributed by atoms with E-state index >= 15 is 0 Å². The van der Waals surface area contributed by atoms with E-state index in [1.807, 2.05) is 13.1 Å². The van der Waals surface area contributed by atoms with Crippen molar-refractivity contribution in [2.75, 3.05) is 0 Å². The van der Waals surface area contributed by atoms with Crippen LogP contribution in [0.4, 0.5) is 4.39 Å². The average molecular weight is 232 g/mol. The summed E-state index contributed by atoms with van der Waals surface area (Å²) in [7, 11) is -2.04. The molecule has 0 rings (SSSR count). The topological polar surface area (TPSA) is 26.3 Å². The summed E-state index contributed by atoms with van der Waals surface area (Å²) in [5.41, 5.74) is 0. The number of rotatable bonds is 4. The first kappa shape index (κ1) is 14.4. The number of carbonyl (C=O) groups excluding carboxylic acids is 1. The van der Waals surface area contributed by atoms with Crippen molar-refractivity contribution < 1.29 is 13.6 Å². The zero-order valence-corrected chi connectivity index (χ0v) is 11.3. The smallest absolute Gasteiger partial charge is 0.292 e. The molecular formula is C11H21FO2Si. The molecule has 0 amide bonds. The van der Waals surface area contributed by atoms with Gasteiger partial charge in [0.25, 0.3) is 14.3 Å². The van der Waals surface area contributed by atoms with Crippen LogP contribution in [0.2, 0.25) is 18.1 Å². The van der Waals surface area contributed by atoms with Crippen LogP contribution in [0.25, 0.3) is 0 Å². The van der Waals surface area contributed by atoms with E-state index in [1.54, 1.807) is 0 Å². The Labute approximate surface area is 92.6 Å². The zero-order chi connectivity index (χ0) is 12.3. The minimum Gasteiger partial charge on any atom is -0.519 e. The fourth-order valence-corrected chi connectivity index (χ4v) is 1.70. The van der Waals surface area contributed by atoms with E-state index in [-0.39, 0.29) is 23.8 Å². The molecule has 88 valence electrons. The van der Waals surface area contributed by atoms with E-state index in [0.717, 1.165) is 0 Å². The van der Waals surface area contributed by atoms with E-state index < -0.39 is 14.1 Å². The summed E-state index contributed by atoms with van der Waals surface area (Å²) in [6.45, 7) is 13.3. The summed E-state index contributed by atoms with van der Waals surface area (Å²) in [6.07, 6.45) is 0.148. The third-order valence-corrected chi connectivity index (χ3v) is 7.13. The molecule has 0 N–H and O–H groups in total. The van der Waals surface area contributed by atoms with E-state index in [0.29, 0.717) is 0 Å². The van der Waals surface area contributed by atoms with Crippen molar-refractivity contribution in [2.24, 2.45) is 0 Å². The van der Waals surface area contributed by atoms with Crippen molar-refractivity contribution in [1.29, 1.82) is 0 Å². The second-order valence-electron chi connectivity index (χ2n) is 5.25. The van der Waals surface area contributed by atoms with Crippen LogP contribution in [0.15, 0.2) is 12.4 Å². The summed E-state index contributed by atoms with van der Waals surface area (Å²) in [4.78, 5) is 11.4. The molecule has 0 radical (unpaired) electrons. The van der Waals surface area contributed by atoms with Crippen LogP contribution in [0.3, 0.4) is 0 Å². The largest absolute Gasteiger partial charge is 0.519 e. The van der Waals surface area contributed by atoms with Gasteiger partial charge >= 0.3 is 0 Å². The Hall–Kier alpha value is -0.643. The lowest BCUT2D eigenvalue weighted by Gasteiger charge is -2.35. The molecule has 0 aliphatic rings. The van der Waals surface area contributed by atoms with Crippen LogP contribution in [0, 0.1) is 0 Å². The Kier molecular flexibility index (Phi) is 4.71. The summed E-state index contributed by atoms with van der Waals surface area (Å²) in [5, 5.41) is -0.00458. The van der Waals surface area contributed by atoms with E-state index in [2.05, 4.69) is 27.4 Å². The summed E-state index contributed by atoms with van der Waals surface area (Å²) < 4.78 is 17.8. The van der Waals surface area contributed by atoms with Crippen LogP contribution in [-0.2, 0) is 9.22 Å². The Morgan fingerprint density at radius 2 is 1.80 bits per heavy atom. The predicted molar refractivity (Wildman–Crippen MR) is 62.8 cm³/mol. The number of halogens is 1. The van der Waals surface area contributed by atoms with Gasteiger partial charge in [0.05, 0.1) is 12.2 Å². The Morgan fingerprint density at radius 3 is 2.13 bits per heavy atom. The molecule has 2 nitrogen and oxygen atoms in total. The number of carbonyl (C=O) groups is 1. The molecule has 0 spiro atoms. The lowest BCUT2D eigenvalue weighted by Crippen LogP contribution is -2.42.